The summed E-state index contributed by atoms with van der Waals surface area (Å²) in [6, 6.07) is 0. The highest BCUT2D eigenvalue weighted by Crippen LogP contribution is 2.45. The van der Waals surface area contributed by atoms with Crippen LogP contribution in [0.2, 0.25) is 0 Å². The van der Waals surface area contributed by atoms with Gasteiger partial charge >= 0.3 is 39.5 Å². The fraction of sp³-hybridized carbons (Fsp3) is 0.950. The zero-order valence-electron chi connectivity index (χ0n) is 64.8. The number of unbranched alkanes of at least 4 members (excludes halogenated alkanes) is 48. The molecule has 99 heavy (non-hydrogen) atoms. The molecule has 6 atom stereocenters. The average molecular weight is 1450 g/mol. The number of ether oxygens (including phenoxy) is 4. The topological polar surface area (TPSA) is 237 Å². The third-order valence-corrected chi connectivity index (χ3v) is 21.0. The maximum absolute atomic E-state index is 13.1. The summed E-state index contributed by atoms with van der Waals surface area (Å²) in [4.78, 5) is 72.8. The SMILES string of the molecule is CCCCCCCCCCCCCCCCCCCCCC(=O)O[C@H](COC(=O)CCCCCCCCCCCCCCCCC(C)CC)COP(=O)(O)OC[C@@H](O)COP(=O)(O)OC[C@@H](COC(=O)CCCCCCCCC)OC(=O)CCCCCCCCCCCCCCC(C)C. The number of carbonyl (C=O) groups excluding carboxylic acids is 4. The Balaban J connectivity index is 5.19. The molecule has 0 rings (SSSR count). The Kier molecular flexibility index (Phi) is 70.3. The van der Waals surface area contributed by atoms with E-state index in [4.69, 9.17) is 37.0 Å². The molecule has 0 saturated carbocycles. The number of phosphoric acid groups is 2. The molecule has 0 aliphatic heterocycles. The third kappa shape index (κ3) is 72.8. The molecular weight excluding hydrogens is 1290 g/mol. The van der Waals surface area contributed by atoms with Gasteiger partial charge in [-0.25, -0.2) is 9.13 Å². The molecule has 0 aromatic carbocycles. The van der Waals surface area contributed by atoms with Gasteiger partial charge in [-0.15, -0.1) is 0 Å². The fourth-order valence-electron chi connectivity index (χ4n) is 12.3. The summed E-state index contributed by atoms with van der Waals surface area (Å²) < 4.78 is 68.6. The van der Waals surface area contributed by atoms with Crippen LogP contribution in [0.15, 0.2) is 0 Å². The standard InChI is InChI=1S/C80H156O17P2/c1-7-10-12-14-16-17-18-19-20-21-22-23-24-29-35-40-46-52-58-64-80(85)97-76(69-91-78(83)63-57-51-45-39-34-28-26-25-27-33-38-44-49-55-61-73(6)9-3)71-95-99(88,89)93-67-74(81)66-92-98(86,87)94-70-75(68-90-77(82)62-56-50-42-15-13-11-8-2)96-79(84)65-59-53-47-41-36-31-30-32-37-43-48-54-60-72(4)5/h72-76,81H,7-71H2,1-6H3,(H,86,87)(H,88,89)/t73?,74-,75+,76+/m0/s1. The van der Waals surface area contributed by atoms with Crippen molar-refractivity contribution >= 4 is 39.5 Å². The van der Waals surface area contributed by atoms with Crippen molar-refractivity contribution in [2.45, 2.75) is 439 Å². The Morgan fingerprint density at radius 3 is 0.768 bits per heavy atom. The van der Waals surface area contributed by atoms with Gasteiger partial charge in [-0.3, -0.25) is 37.3 Å². The van der Waals surface area contributed by atoms with Gasteiger partial charge < -0.3 is 33.8 Å². The molecule has 3 N–H and O–H groups in total. The van der Waals surface area contributed by atoms with E-state index in [2.05, 4.69) is 41.5 Å². The first-order valence-corrected chi connectivity index (χ1v) is 44.5. The van der Waals surface area contributed by atoms with E-state index in [0.29, 0.717) is 25.7 Å². The molecular formula is C80H156O17P2. The quantitative estimate of drug-likeness (QED) is 0.0222. The Hall–Kier alpha value is -1.94. The number of aliphatic hydroxyl groups excluding tert-OH is 1. The predicted octanol–water partition coefficient (Wildman–Crippen LogP) is 23.9. The summed E-state index contributed by atoms with van der Waals surface area (Å²) in [5, 5.41) is 10.6. The van der Waals surface area contributed by atoms with E-state index in [-0.39, 0.29) is 25.7 Å². The van der Waals surface area contributed by atoms with E-state index in [9.17, 15) is 43.2 Å². The second-order valence-electron chi connectivity index (χ2n) is 29.5. The molecule has 0 spiro atoms. The van der Waals surface area contributed by atoms with E-state index < -0.39 is 97.5 Å². The first-order chi connectivity index (χ1) is 47.9. The van der Waals surface area contributed by atoms with Crippen molar-refractivity contribution in [1.29, 1.82) is 0 Å². The number of aliphatic hydroxyl groups is 1. The lowest BCUT2D eigenvalue weighted by atomic mass is 9.99. The van der Waals surface area contributed by atoms with Gasteiger partial charge in [0.25, 0.3) is 0 Å². The number of rotatable bonds is 79. The van der Waals surface area contributed by atoms with Crippen LogP contribution in [0.4, 0.5) is 0 Å². The minimum atomic E-state index is -4.96. The third-order valence-electron chi connectivity index (χ3n) is 19.1. The Morgan fingerprint density at radius 2 is 0.515 bits per heavy atom. The number of hydrogen-bond acceptors (Lipinski definition) is 15. The summed E-state index contributed by atoms with van der Waals surface area (Å²) in [5.41, 5.74) is 0. The monoisotopic (exact) mass is 1450 g/mol. The molecule has 0 heterocycles. The summed E-state index contributed by atoms with van der Waals surface area (Å²) in [6.07, 6.45) is 61.1. The maximum atomic E-state index is 13.1. The first kappa shape index (κ1) is 97.1. The van der Waals surface area contributed by atoms with Crippen LogP contribution in [-0.4, -0.2) is 96.7 Å². The summed E-state index contributed by atoms with van der Waals surface area (Å²) in [5.74, 6) is -0.487. The van der Waals surface area contributed by atoms with Gasteiger partial charge in [0.15, 0.2) is 12.2 Å². The molecule has 0 aromatic heterocycles. The van der Waals surface area contributed by atoms with Crippen molar-refractivity contribution in [3.05, 3.63) is 0 Å². The molecule has 0 aliphatic carbocycles. The van der Waals surface area contributed by atoms with Crippen molar-refractivity contribution < 1.29 is 80.2 Å². The molecule has 0 fully saturated rings. The van der Waals surface area contributed by atoms with Crippen LogP contribution in [0.1, 0.15) is 420 Å². The fourth-order valence-corrected chi connectivity index (χ4v) is 13.9. The van der Waals surface area contributed by atoms with Gasteiger partial charge in [0.05, 0.1) is 26.4 Å². The molecule has 0 aliphatic rings. The van der Waals surface area contributed by atoms with E-state index in [1.54, 1.807) is 0 Å². The molecule has 0 aromatic rings. The molecule has 3 unspecified atom stereocenters. The van der Waals surface area contributed by atoms with Gasteiger partial charge in [0.2, 0.25) is 0 Å². The lowest BCUT2D eigenvalue weighted by Gasteiger charge is -2.21. The molecule has 0 amide bonds. The van der Waals surface area contributed by atoms with Gasteiger partial charge in [-0.1, -0.05) is 369 Å². The van der Waals surface area contributed by atoms with Crippen LogP contribution in [0.25, 0.3) is 0 Å². The zero-order valence-corrected chi connectivity index (χ0v) is 66.6. The van der Waals surface area contributed by atoms with E-state index in [1.807, 2.05) is 0 Å². The van der Waals surface area contributed by atoms with E-state index in [0.717, 1.165) is 115 Å². The second-order valence-corrected chi connectivity index (χ2v) is 32.4. The minimum absolute atomic E-state index is 0.107. The number of phosphoric ester groups is 2. The molecule has 19 heteroatoms. The predicted molar refractivity (Wildman–Crippen MR) is 405 cm³/mol. The van der Waals surface area contributed by atoms with Crippen LogP contribution < -0.4 is 0 Å². The van der Waals surface area contributed by atoms with Crippen LogP contribution in [-0.2, 0) is 65.4 Å². The molecule has 0 saturated heterocycles. The highest BCUT2D eigenvalue weighted by molar-refractivity contribution is 7.47. The van der Waals surface area contributed by atoms with Crippen LogP contribution in [0, 0.1) is 11.8 Å². The summed E-state index contributed by atoms with van der Waals surface area (Å²) >= 11 is 0. The smallest absolute Gasteiger partial charge is 0.462 e. The van der Waals surface area contributed by atoms with Gasteiger partial charge in [-0.05, 0) is 37.5 Å². The summed E-state index contributed by atoms with van der Waals surface area (Å²) in [6.45, 7) is 9.65. The largest absolute Gasteiger partial charge is 0.472 e. The van der Waals surface area contributed by atoms with Gasteiger partial charge in [0, 0.05) is 25.7 Å². The van der Waals surface area contributed by atoms with Crippen molar-refractivity contribution in [3.8, 4) is 0 Å². The number of hydrogen-bond donors (Lipinski definition) is 3. The van der Waals surface area contributed by atoms with Crippen molar-refractivity contribution in [3.63, 3.8) is 0 Å². The van der Waals surface area contributed by atoms with Crippen LogP contribution in [0.3, 0.4) is 0 Å². The lowest BCUT2D eigenvalue weighted by Crippen LogP contribution is -2.30. The number of carbonyl (C=O) groups is 4. The van der Waals surface area contributed by atoms with Crippen molar-refractivity contribution in [1.82, 2.24) is 0 Å². The minimum Gasteiger partial charge on any atom is -0.462 e. The van der Waals surface area contributed by atoms with E-state index >= 15 is 0 Å². The van der Waals surface area contributed by atoms with Crippen LogP contribution >= 0.6 is 15.6 Å². The Morgan fingerprint density at radius 1 is 0.293 bits per heavy atom. The first-order valence-electron chi connectivity index (χ1n) is 41.5. The highest BCUT2D eigenvalue weighted by atomic mass is 31.2. The van der Waals surface area contributed by atoms with Crippen molar-refractivity contribution in [2.75, 3.05) is 39.6 Å². The second kappa shape index (κ2) is 71.7. The number of esters is 4. The van der Waals surface area contributed by atoms with Crippen LogP contribution in [0.5, 0.6) is 0 Å². The zero-order chi connectivity index (χ0) is 72.8. The van der Waals surface area contributed by atoms with E-state index in [1.165, 1.54) is 225 Å². The molecule has 17 nitrogen and oxygen atoms in total. The molecule has 588 valence electrons. The molecule has 0 bridgehead atoms. The van der Waals surface area contributed by atoms with Gasteiger partial charge in [0.1, 0.15) is 19.3 Å². The van der Waals surface area contributed by atoms with Crippen molar-refractivity contribution in [2.24, 2.45) is 11.8 Å². The summed E-state index contributed by atoms with van der Waals surface area (Å²) in [7, 11) is -9.91. The van der Waals surface area contributed by atoms with Gasteiger partial charge in [-0.2, -0.15) is 0 Å². The normalized spacial score (nSPS) is 14.2. The lowest BCUT2D eigenvalue weighted by molar-refractivity contribution is -0.161. The average Bonchev–Trinajstić information content (AvgIpc) is 1.03. The molecule has 0 radical (unpaired) electrons. The Labute approximate surface area is 607 Å². The maximum Gasteiger partial charge on any atom is 0.472 e. The highest BCUT2D eigenvalue weighted by Gasteiger charge is 2.30. The Bertz CT molecular complexity index is 1910.